The number of rotatable bonds is 0. The molecule has 1 rings (SSSR count). The van der Waals surface area contributed by atoms with Gasteiger partial charge in [-0.25, -0.2) is 0 Å². The Hall–Kier alpha value is -0.770. The second-order valence-electron chi connectivity index (χ2n) is 3.05. The van der Waals surface area contributed by atoms with Crippen molar-refractivity contribution in [3.05, 3.63) is 0 Å². The number of nitrogens with two attached hydrogens (primary N) is 1. The molecule has 64 valence electrons. The number of nitrogens with zero attached hydrogens (tertiary/aromatic N) is 1. The van der Waals surface area contributed by atoms with E-state index in [4.69, 9.17) is 15.9 Å². The van der Waals surface area contributed by atoms with E-state index in [2.05, 4.69) is 0 Å². The number of hydrogen-bond donors (Lipinski definition) is 2. The number of hydrogen-bond acceptors (Lipinski definition) is 2. The number of guanidine groups is 1. The third kappa shape index (κ3) is 2.08. The normalized spacial score (nSPS) is 32.0. The zero-order valence-electron chi connectivity index (χ0n) is 7.00. The smallest absolute Gasteiger partial charge is 0.188 e. The maximum Gasteiger partial charge on any atom is 0.188 e. The molecule has 4 nitrogen and oxygen atoms in total. The van der Waals surface area contributed by atoms with Crippen molar-refractivity contribution >= 4 is 5.96 Å². The van der Waals surface area contributed by atoms with Crippen LogP contribution in [0.1, 0.15) is 13.8 Å². The summed E-state index contributed by atoms with van der Waals surface area (Å²) in [6.45, 7) is 5.45. The molecule has 11 heavy (non-hydrogen) atoms. The van der Waals surface area contributed by atoms with E-state index < -0.39 is 0 Å². The summed E-state index contributed by atoms with van der Waals surface area (Å²) < 4.78 is 5.47. The van der Waals surface area contributed by atoms with Gasteiger partial charge < -0.3 is 15.4 Å². The van der Waals surface area contributed by atoms with Crippen LogP contribution in [0.5, 0.6) is 0 Å². The Morgan fingerprint density at radius 1 is 1.45 bits per heavy atom. The van der Waals surface area contributed by atoms with Gasteiger partial charge >= 0.3 is 0 Å². The summed E-state index contributed by atoms with van der Waals surface area (Å²) in [5, 5.41) is 7.22. The van der Waals surface area contributed by atoms with E-state index in [1.807, 2.05) is 18.7 Å². The van der Waals surface area contributed by atoms with E-state index in [9.17, 15) is 0 Å². The Balaban J connectivity index is 2.49. The van der Waals surface area contributed by atoms with Gasteiger partial charge in [0.1, 0.15) is 0 Å². The minimum atomic E-state index is 0.145. The van der Waals surface area contributed by atoms with E-state index in [0.717, 1.165) is 13.1 Å². The molecule has 3 N–H and O–H groups in total. The van der Waals surface area contributed by atoms with E-state index in [0.29, 0.717) is 0 Å². The maximum absolute atomic E-state index is 7.22. The van der Waals surface area contributed by atoms with Crippen molar-refractivity contribution in [2.24, 2.45) is 5.73 Å². The highest BCUT2D eigenvalue weighted by Crippen LogP contribution is 2.09. The van der Waals surface area contributed by atoms with E-state index in [1.165, 1.54) is 0 Å². The first-order chi connectivity index (χ1) is 5.09. The zero-order chi connectivity index (χ0) is 8.43. The van der Waals surface area contributed by atoms with Gasteiger partial charge in [-0.2, -0.15) is 0 Å². The standard InChI is InChI=1S/C7H15N3O/c1-5-3-10(7(8)9)4-6(2)11-5/h5-6H,3-4H2,1-2H3,(H3,8,9)/t5-,6-/m1/s1. The van der Waals surface area contributed by atoms with Crippen molar-refractivity contribution in [2.45, 2.75) is 26.1 Å². The summed E-state index contributed by atoms with van der Waals surface area (Å²) in [5.74, 6) is 0.145. The molecule has 0 amide bonds. The molecular weight excluding hydrogens is 142 g/mol. The van der Waals surface area contributed by atoms with Crippen LogP contribution < -0.4 is 5.73 Å². The van der Waals surface area contributed by atoms with Crippen LogP contribution >= 0.6 is 0 Å². The Morgan fingerprint density at radius 2 is 1.91 bits per heavy atom. The third-order valence-electron chi connectivity index (χ3n) is 1.76. The number of morpholine rings is 1. The second-order valence-corrected chi connectivity index (χ2v) is 3.05. The van der Waals surface area contributed by atoms with Crippen LogP contribution in [0.25, 0.3) is 0 Å². The molecule has 0 spiro atoms. The fourth-order valence-electron chi connectivity index (χ4n) is 1.37. The molecule has 1 fully saturated rings. The van der Waals surface area contributed by atoms with Crippen molar-refractivity contribution in [1.82, 2.24) is 4.90 Å². The monoisotopic (exact) mass is 157 g/mol. The van der Waals surface area contributed by atoms with Gasteiger partial charge in [-0.3, -0.25) is 5.41 Å². The van der Waals surface area contributed by atoms with Gasteiger partial charge in [-0.05, 0) is 13.8 Å². The fourth-order valence-corrected chi connectivity index (χ4v) is 1.37. The summed E-state index contributed by atoms with van der Waals surface area (Å²) in [5.41, 5.74) is 5.35. The van der Waals surface area contributed by atoms with Crippen LogP contribution in [0.4, 0.5) is 0 Å². The topological polar surface area (TPSA) is 62.3 Å². The molecule has 1 saturated heterocycles. The highest BCUT2D eigenvalue weighted by molar-refractivity contribution is 5.74. The van der Waals surface area contributed by atoms with Crippen molar-refractivity contribution in [3.8, 4) is 0 Å². The molecule has 4 heteroatoms. The van der Waals surface area contributed by atoms with Gasteiger partial charge in [-0.15, -0.1) is 0 Å². The molecule has 0 unspecified atom stereocenters. The number of ether oxygens (including phenoxy) is 1. The summed E-state index contributed by atoms with van der Waals surface area (Å²) >= 11 is 0. The molecule has 0 saturated carbocycles. The highest BCUT2D eigenvalue weighted by atomic mass is 16.5. The first kappa shape index (κ1) is 8.33. The van der Waals surface area contributed by atoms with Gasteiger partial charge in [0.05, 0.1) is 12.2 Å². The lowest BCUT2D eigenvalue weighted by Gasteiger charge is -2.35. The van der Waals surface area contributed by atoms with Crippen molar-refractivity contribution < 1.29 is 4.74 Å². The minimum Gasteiger partial charge on any atom is -0.372 e. The average molecular weight is 157 g/mol. The van der Waals surface area contributed by atoms with Crippen molar-refractivity contribution in [1.29, 1.82) is 5.41 Å². The van der Waals surface area contributed by atoms with Crippen LogP contribution in [0.3, 0.4) is 0 Å². The quantitative estimate of drug-likeness (QED) is 0.384. The van der Waals surface area contributed by atoms with Crippen LogP contribution in [0.15, 0.2) is 0 Å². The Bertz CT molecular complexity index is 150. The molecule has 0 radical (unpaired) electrons. The lowest BCUT2D eigenvalue weighted by atomic mass is 10.2. The lowest BCUT2D eigenvalue weighted by molar-refractivity contribution is -0.0485. The average Bonchev–Trinajstić information content (AvgIpc) is 1.85. The molecule has 0 aliphatic carbocycles. The predicted molar refractivity (Wildman–Crippen MR) is 43.5 cm³/mol. The van der Waals surface area contributed by atoms with E-state index >= 15 is 0 Å². The second kappa shape index (κ2) is 3.09. The molecule has 2 atom stereocenters. The third-order valence-corrected chi connectivity index (χ3v) is 1.76. The van der Waals surface area contributed by atoms with E-state index in [-0.39, 0.29) is 18.2 Å². The lowest BCUT2D eigenvalue weighted by Crippen LogP contribution is -2.50. The molecule has 1 aliphatic heterocycles. The molecule has 0 aromatic heterocycles. The minimum absolute atomic E-state index is 0.145. The number of nitrogens with one attached hydrogen (secondary N) is 1. The van der Waals surface area contributed by atoms with Gasteiger partial charge in [-0.1, -0.05) is 0 Å². The van der Waals surface area contributed by atoms with Gasteiger partial charge in [0, 0.05) is 13.1 Å². The summed E-state index contributed by atoms with van der Waals surface area (Å²) in [7, 11) is 0. The van der Waals surface area contributed by atoms with E-state index in [1.54, 1.807) is 0 Å². The summed E-state index contributed by atoms with van der Waals surface area (Å²) in [6, 6.07) is 0. The summed E-state index contributed by atoms with van der Waals surface area (Å²) in [6.07, 6.45) is 0.366. The van der Waals surface area contributed by atoms with Crippen LogP contribution in [-0.4, -0.2) is 36.2 Å². The molecule has 0 aromatic carbocycles. The van der Waals surface area contributed by atoms with Gasteiger partial charge in [0.2, 0.25) is 0 Å². The molecule has 0 bridgehead atoms. The van der Waals surface area contributed by atoms with Crippen LogP contribution in [0.2, 0.25) is 0 Å². The predicted octanol–water partition coefficient (Wildman–Crippen LogP) is -0.0109. The van der Waals surface area contributed by atoms with Gasteiger partial charge in [0.25, 0.3) is 0 Å². The SMILES string of the molecule is C[C@@H]1CN(C(=N)N)C[C@@H](C)O1. The zero-order valence-corrected chi connectivity index (χ0v) is 7.00. The first-order valence-corrected chi connectivity index (χ1v) is 3.84. The fraction of sp³-hybridized carbons (Fsp3) is 0.857. The van der Waals surface area contributed by atoms with Gasteiger partial charge in [0.15, 0.2) is 5.96 Å². The van der Waals surface area contributed by atoms with Crippen LogP contribution in [-0.2, 0) is 4.74 Å². The van der Waals surface area contributed by atoms with Crippen LogP contribution in [0, 0.1) is 5.41 Å². The molecule has 1 aliphatic rings. The highest BCUT2D eigenvalue weighted by Gasteiger charge is 2.22. The summed E-state index contributed by atoms with van der Waals surface area (Å²) in [4.78, 5) is 1.83. The molecule has 1 heterocycles. The largest absolute Gasteiger partial charge is 0.372 e. The molecular formula is C7H15N3O. The maximum atomic E-state index is 7.22. The molecule has 0 aromatic rings. The Labute approximate surface area is 66.8 Å². The first-order valence-electron chi connectivity index (χ1n) is 3.84. The Kier molecular flexibility index (Phi) is 2.34. The van der Waals surface area contributed by atoms with Crippen molar-refractivity contribution in [2.75, 3.05) is 13.1 Å². The van der Waals surface area contributed by atoms with Crippen molar-refractivity contribution in [3.63, 3.8) is 0 Å². The Morgan fingerprint density at radius 3 is 2.27 bits per heavy atom.